The van der Waals surface area contributed by atoms with Crippen molar-refractivity contribution >= 4 is 11.9 Å². The standard InChI is InChI=1S/C11H17N3O3/c1-7(11(16)17)6-8(2)12-10(15)9-4-5-14(3)13-9/h4-5,7-8H,6H2,1-3H3,(H,12,15)(H,16,17). The molecule has 1 aromatic rings. The number of amides is 1. The van der Waals surface area contributed by atoms with Crippen LogP contribution in [-0.4, -0.2) is 32.8 Å². The molecule has 0 saturated heterocycles. The molecule has 0 spiro atoms. The summed E-state index contributed by atoms with van der Waals surface area (Å²) in [4.78, 5) is 22.4. The average molecular weight is 239 g/mol. The second kappa shape index (κ2) is 5.47. The molecule has 6 nitrogen and oxygen atoms in total. The Morgan fingerprint density at radius 3 is 2.65 bits per heavy atom. The van der Waals surface area contributed by atoms with Crippen LogP contribution in [0.3, 0.4) is 0 Å². The molecule has 2 unspecified atom stereocenters. The van der Waals surface area contributed by atoms with Crippen molar-refractivity contribution in [2.45, 2.75) is 26.3 Å². The van der Waals surface area contributed by atoms with Crippen molar-refractivity contribution in [2.24, 2.45) is 13.0 Å². The quantitative estimate of drug-likeness (QED) is 0.790. The number of nitrogens with one attached hydrogen (secondary N) is 1. The number of carbonyl (C=O) groups is 2. The Morgan fingerprint density at radius 1 is 1.53 bits per heavy atom. The third-order valence-electron chi connectivity index (χ3n) is 2.45. The number of carbonyl (C=O) groups excluding carboxylic acids is 1. The topological polar surface area (TPSA) is 84.2 Å². The lowest BCUT2D eigenvalue weighted by Crippen LogP contribution is -2.35. The molecule has 0 saturated carbocycles. The third kappa shape index (κ3) is 3.90. The molecule has 1 amide bonds. The molecule has 0 aromatic carbocycles. The summed E-state index contributed by atoms with van der Waals surface area (Å²) in [5.74, 6) is -1.62. The number of carboxylic acid groups (broad SMARTS) is 1. The molecule has 0 aliphatic heterocycles. The predicted molar refractivity (Wildman–Crippen MR) is 61.6 cm³/mol. The molecule has 94 valence electrons. The van der Waals surface area contributed by atoms with E-state index in [1.165, 1.54) is 0 Å². The van der Waals surface area contributed by atoms with Crippen molar-refractivity contribution < 1.29 is 14.7 Å². The fourth-order valence-corrected chi connectivity index (χ4v) is 1.52. The molecule has 0 radical (unpaired) electrons. The van der Waals surface area contributed by atoms with E-state index >= 15 is 0 Å². The number of aromatic nitrogens is 2. The maximum absolute atomic E-state index is 11.7. The molecule has 1 aromatic heterocycles. The van der Waals surface area contributed by atoms with Crippen LogP contribution in [0.15, 0.2) is 12.3 Å². The fraction of sp³-hybridized carbons (Fsp3) is 0.545. The van der Waals surface area contributed by atoms with E-state index in [-0.39, 0.29) is 11.9 Å². The monoisotopic (exact) mass is 239 g/mol. The summed E-state index contributed by atoms with van der Waals surface area (Å²) in [6, 6.07) is 1.42. The Morgan fingerprint density at radius 2 is 2.18 bits per heavy atom. The molecular weight excluding hydrogens is 222 g/mol. The highest BCUT2D eigenvalue weighted by molar-refractivity contribution is 5.92. The van der Waals surface area contributed by atoms with Gasteiger partial charge in [-0.2, -0.15) is 5.10 Å². The lowest BCUT2D eigenvalue weighted by Gasteiger charge is -2.15. The zero-order valence-corrected chi connectivity index (χ0v) is 10.2. The summed E-state index contributed by atoms with van der Waals surface area (Å²) in [5, 5.41) is 15.4. The summed E-state index contributed by atoms with van der Waals surface area (Å²) in [6.45, 7) is 3.39. The number of hydrogen-bond acceptors (Lipinski definition) is 3. The number of rotatable bonds is 5. The van der Waals surface area contributed by atoms with Crippen LogP contribution in [0.25, 0.3) is 0 Å². The highest BCUT2D eigenvalue weighted by Crippen LogP contribution is 2.06. The molecule has 1 heterocycles. The third-order valence-corrected chi connectivity index (χ3v) is 2.45. The summed E-state index contributed by atoms with van der Waals surface area (Å²) in [5.41, 5.74) is 0.335. The molecule has 0 aliphatic carbocycles. The second-order valence-corrected chi connectivity index (χ2v) is 4.22. The van der Waals surface area contributed by atoms with E-state index in [2.05, 4.69) is 10.4 Å². The van der Waals surface area contributed by atoms with E-state index in [4.69, 9.17) is 5.11 Å². The lowest BCUT2D eigenvalue weighted by molar-refractivity contribution is -0.141. The minimum atomic E-state index is -0.857. The van der Waals surface area contributed by atoms with Crippen molar-refractivity contribution in [3.05, 3.63) is 18.0 Å². The molecule has 17 heavy (non-hydrogen) atoms. The normalized spacial score (nSPS) is 14.1. The first-order valence-corrected chi connectivity index (χ1v) is 5.43. The van der Waals surface area contributed by atoms with E-state index in [9.17, 15) is 9.59 Å². The number of aryl methyl sites for hydroxylation is 1. The van der Waals surface area contributed by atoms with E-state index in [1.54, 1.807) is 37.8 Å². The number of aliphatic carboxylic acids is 1. The highest BCUT2D eigenvalue weighted by Gasteiger charge is 2.17. The van der Waals surface area contributed by atoms with Crippen LogP contribution in [0.1, 0.15) is 30.8 Å². The van der Waals surface area contributed by atoms with Gasteiger partial charge in [-0.05, 0) is 19.4 Å². The van der Waals surface area contributed by atoms with E-state index in [1.807, 2.05) is 0 Å². The van der Waals surface area contributed by atoms with Gasteiger partial charge in [0.15, 0.2) is 0 Å². The molecule has 6 heteroatoms. The Hall–Kier alpha value is -1.85. The van der Waals surface area contributed by atoms with Gasteiger partial charge in [-0.1, -0.05) is 6.92 Å². The van der Waals surface area contributed by atoms with Crippen molar-refractivity contribution in [3.63, 3.8) is 0 Å². The summed E-state index contributed by atoms with van der Waals surface area (Å²) in [6.07, 6.45) is 2.08. The fourth-order valence-electron chi connectivity index (χ4n) is 1.52. The predicted octanol–water partition coefficient (Wildman–Crippen LogP) is 0.649. The first kappa shape index (κ1) is 13.2. The van der Waals surface area contributed by atoms with Gasteiger partial charge < -0.3 is 10.4 Å². The minimum absolute atomic E-state index is 0.199. The molecule has 1 rings (SSSR count). The van der Waals surface area contributed by atoms with Crippen LogP contribution < -0.4 is 5.32 Å². The smallest absolute Gasteiger partial charge is 0.306 e. The van der Waals surface area contributed by atoms with Gasteiger partial charge in [-0.3, -0.25) is 14.3 Å². The van der Waals surface area contributed by atoms with Gasteiger partial charge in [0, 0.05) is 19.3 Å². The van der Waals surface area contributed by atoms with Gasteiger partial charge >= 0.3 is 5.97 Å². The van der Waals surface area contributed by atoms with Crippen LogP contribution in [0, 0.1) is 5.92 Å². The maximum atomic E-state index is 11.7. The van der Waals surface area contributed by atoms with Crippen LogP contribution in [-0.2, 0) is 11.8 Å². The molecular formula is C11H17N3O3. The minimum Gasteiger partial charge on any atom is -0.481 e. The lowest BCUT2D eigenvalue weighted by atomic mass is 10.0. The van der Waals surface area contributed by atoms with E-state index in [0.717, 1.165) is 0 Å². The van der Waals surface area contributed by atoms with Gasteiger partial charge in [0.05, 0.1) is 5.92 Å². The van der Waals surface area contributed by atoms with Gasteiger partial charge in [0.1, 0.15) is 5.69 Å². The van der Waals surface area contributed by atoms with E-state index in [0.29, 0.717) is 12.1 Å². The SMILES string of the molecule is CC(CC(C)C(=O)O)NC(=O)c1ccn(C)n1. The summed E-state index contributed by atoms with van der Waals surface area (Å²) < 4.78 is 1.54. The van der Waals surface area contributed by atoms with Crippen LogP contribution >= 0.6 is 0 Å². The first-order valence-electron chi connectivity index (χ1n) is 5.43. The Balaban J connectivity index is 2.49. The zero-order valence-electron chi connectivity index (χ0n) is 10.2. The van der Waals surface area contributed by atoms with Crippen LogP contribution in [0.2, 0.25) is 0 Å². The largest absolute Gasteiger partial charge is 0.481 e. The van der Waals surface area contributed by atoms with Crippen molar-refractivity contribution in [3.8, 4) is 0 Å². The van der Waals surface area contributed by atoms with Gasteiger partial charge in [0.25, 0.3) is 5.91 Å². The molecule has 0 aliphatic rings. The molecule has 2 atom stereocenters. The van der Waals surface area contributed by atoms with Crippen molar-refractivity contribution in [2.75, 3.05) is 0 Å². The van der Waals surface area contributed by atoms with Crippen LogP contribution in [0.5, 0.6) is 0 Å². The maximum Gasteiger partial charge on any atom is 0.306 e. The number of carboxylic acids is 1. The van der Waals surface area contributed by atoms with E-state index < -0.39 is 11.9 Å². The van der Waals surface area contributed by atoms with Gasteiger partial charge in [0.2, 0.25) is 0 Å². The Labute approximate surface area is 99.6 Å². The Kier molecular flexibility index (Phi) is 4.25. The zero-order chi connectivity index (χ0) is 13.0. The summed E-state index contributed by atoms with van der Waals surface area (Å²) >= 11 is 0. The van der Waals surface area contributed by atoms with Gasteiger partial charge in [-0.15, -0.1) is 0 Å². The second-order valence-electron chi connectivity index (χ2n) is 4.22. The average Bonchev–Trinajstić information content (AvgIpc) is 2.64. The molecule has 2 N–H and O–H groups in total. The van der Waals surface area contributed by atoms with Crippen LogP contribution in [0.4, 0.5) is 0 Å². The molecule has 0 bridgehead atoms. The summed E-state index contributed by atoms with van der Waals surface area (Å²) in [7, 11) is 1.73. The first-order chi connectivity index (χ1) is 7.90. The van der Waals surface area contributed by atoms with Gasteiger partial charge in [-0.25, -0.2) is 0 Å². The molecule has 0 fully saturated rings. The number of hydrogen-bond donors (Lipinski definition) is 2. The van der Waals surface area contributed by atoms with Crippen molar-refractivity contribution in [1.29, 1.82) is 0 Å². The Bertz CT molecular complexity index is 414. The highest BCUT2D eigenvalue weighted by atomic mass is 16.4. The van der Waals surface area contributed by atoms with Crippen molar-refractivity contribution in [1.82, 2.24) is 15.1 Å². The number of nitrogens with zero attached hydrogens (tertiary/aromatic N) is 2.